The van der Waals surface area contributed by atoms with Crippen LogP contribution in [-0.2, 0) is 14.8 Å². The maximum absolute atomic E-state index is 12.8. The van der Waals surface area contributed by atoms with Gasteiger partial charge in [-0.25, -0.2) is 12.7 Å². The second kappa shape index (κ2) is 9.23. The van der Waals surface area contributed by atoms with Crippen molar-refractivity contribution in [2.24, 2.45) is 0 Å². The predicted molar refractivity (Wildman–Crippen MR) is 110 cm³/mol. The average Bonchev–Trinajstić information content (AvgIpc) is 2.74. The first-order chi connectivity index (χ1) is 13.8. The van der Waals surface area contributed by atoms with Crippen molar-refractivity contribution >= 4 is 21.8 Å². The Labute approximate surface area is 173 Å². The fourth-order valence-electron chi connectivity index (χ4n) is 3.73. The molecule has 2 aliphatic rings. The van der Waals surface area contributed by atoms with Gasteiger partial charge >= 0.3 is 0 Å². The van der Waals surface area contributed by atoms with E-state index in [0.717, 1.165) is 30.2 Å². The summed E-state index contributed by atoms with van der Waals surface area (Å²) in [6.45, 7) is 4.43. The molecule has 1 aromatic rings. The van der Waals surface area contributed by atoms with E-state index in [0.29, 0.717) is 38.3 Å². The van der Waals surface area contributed by atoms with Gasteiger partial charge in [0, 0.05) is 58.9 Å². The van der Waals surface area contributed by atoms with Crippen LogP contribution in [0.5, 0.6) is 0 Å². The molecule has 2 saturated heterocycles. The van der Waals surface area contributed by atoms with E-state index >= 15 is 0 Å². The van der Waals surface area contributed by atoms with Crippen molar-refractivity contribution < 1.29 is 18.0 Å². The molecule has 0 radical (unpaired) electrons. The summed E-state index contributed by atoms with van der Waals surface area (Å²) in [7, 11) is -0.651. The lowest BCUT2D eigenvalue weighted by molar-refractivity contribution is -0.133. The largest absolute Gasteiger partial charge is 0.342 e. The third kappa shape index (κ3) is 5.15. The summed E-state index contributed by atoms with van der Waals surface area (Å²) in [5, 5.41) is 0. The number of hydrogen-bond donors (Lipinski definition) is 0. The Morgan fingerprint density at radius 3 is 2.21 bits per heavy atom. The summed E-state index contributed by atoms with van der Waals surface area (Å²) < 4.78 is 25.8. The van der Waals surface area contributed by atoms with E-state index in [-0.39, 0.29) is 16.7 Å². The summed E-state index contributed by atoms with van der Waals surface area (Å²) in [5.41, 5.74) is 0.366. The lowest BCUT2D eigenvalue weighted by Gasteiger charge is -2.36. The minimum atomic E-state index is -3.58. The van der Waals surface area contributed by atoms with Crippen LogP contribution in [-0.4, -0.2) is 99.1 Å². The molecule has 0 aliphatic carbocycles. The highest BCUT2D eigenvalue weighted by molar-refractivity contribution is 7.89. The monoisotopic (exact) mass is 422 g/mol. The van der Waals surface area contributed by atoms with Crippen molar-refractivity contribution in [1.82, 2.24) is 19.0 Å². The molecule has 160 valence electrons. The van der Waals surface area contributed by atoms with E-state index in [1.807, 2.05) is 4.90 Å². The van der Waals surface area contributed by atoms with Gasteiger partial charge in [0.1, 0.15) is 0 Å². The second-order valence-corrected chi connectivity index (χ2v) is 9.98. The Morgan fingerprint density at radius 2 is 1.59 bits per heavy atom. The van der Waals surface area contributed by atoms with Crippen LogP contribution in [0, 0.1) is 0 Å². The number of nitrogens with zero attached hydrogens (tertiary/aromatic N) is 4. The minimum absolute atomic E-state index is 0.110. The lowest BCUT2D eigenvalue weighted by atomic mass is 10.1. The van der Waals surface area contributed by atoms with E-state index in [4.69, 9.17) is 0 Å². The zero-order valence-electron chi connectivity index (χ0n) is 17.2. The number of carbonyl (C=O) groups is 2. The molecule has 2 fully saturated rings. The lowest BCUT2D eigenvalue weighted by Crippen LogP contribution is -2.52. The Kier molecular flexibility index (Phi) is 6.92. The third-order valence-corrected chi connectivity index (χ3v) is 7.40. The van der Waals surface area contributed by atoms with Gasteiger partial charge in [0.2, 0.25) is 15.9 Å². The van der Waals surface area contributed by atoms with Gasteiger partial charge in [0.05, 0.1) is 11.4 Å². The van der Waals surface area contributed by atoms with Crippen LogP contribution in [0.2, 0.25) is 0 Å². The highest BCUT2D eigenvalue weighted by Crippen LogP contribution is 2.17. The number of amides is 2. The van der Waals surface area contributed by atoms with Crippen LogP contribution in [0.4, 0.5) is 0 Å². The van der Waals surface area contributed by atoms with Crippen molar-refractivity contribution in [3.63, 3.8) is 0 Å². The summed E-state index contributed by atoms with van der Waals surface area (Å²) in [6, 6.07) is 6.17. The van der Waals surface area contributed by atoms with Gasteiger partial charge in [0.15, 0.2) is 0 Å². The molecule has 0 aromatic heterocycles. The van der Waals surface area contributed by atoms with Gasteiger partial charge < -0.3 is 9.80 Å². The molecule has 9 heteroatoms. The molecule has 0 N–H and O–H groups in total. The van der Waals surface area contributed by atoms with Crippen molar-refractivity contribution in [3.05, 3.63) is 29.8 Å². The van der Waals surface area contributed by atoms with E-state index in [1.165, 1.54) is 32.6 Å². The highest BCUT2D eigenvalue weighted by Gasteiger charge is 2.26. The van der Waals surface area contributed by atoms with E-state index in [9.17, 15) is 18.0 Å². The normalized spacial score (nSPS) is 18.9. The Morgan fingerprint density at radius 1 is 0.931 bits per heavy atom. The number of carbonyl (C=O) groups excluding carboxylic acids is 2. The molecular formula is C20H30N4O4S. The SMILES string of the molecule is CN(C)S(=O)(=O)c1cccc(C(=O)N2CCN(CC(=O)N3CCCCC3)CC2)c1. The Balaban J connectivity index is 1.57. The molecule has 0 spiro atoms. The summed E-state index contributed by atoms with van der Waals surface area (Å²) >= 11 is 0. The number of piperazine rings is 1. The van der Waals surface area contributed by atoms with Gasteiger partial charge in [-0.05, 0) is 37.5 Å². The average molecular weight is 423 g/mol. The quantitative estimate of drug-likeness (QED) is 0.698. The molecule has 2 heterocycles. The molecule has 0 unspecified atom stereocenters. The Bertz CT molecular complexity index is 842. The molecule has 1 aromatic carbocycles. The second-order valence-electron chi connectivity index (χ2n) is 7.83. The number of hydrogen-bond acceptors (Lipinski definition) is 5. The first-order valence-corrected chi connectivity index (χ1v) is 11.5. The first kappa shape index (κ1) is 21.7. The van der Waals surface area contributed by atoms with Crippen LogP contribution in [0.3, 0.4) is 0 Å². The number of likely N-dealkylation sites (tertiary alicyclic amines) is 1. The smallest absolute Gasteiger partial charge is 0.253 e. The number of piperidine rings is 1. The van der Waals surface area contributed by atoms with Crippen LogP contribution >= 0.6 is 0 Å². The van der Waals surface area contributed by atoms with Crippen LogP contribution < -0.4 is 0 Å². The molecule has 2 amide bonds. The fraction of sp³-hybridized carbons (Fsp3) is 0.600. The molecular weight excluding hydrogens is 392 g/mol. The van der Waals surface area contributed by atoms with E-state index in [2.05, 4.69) is 4.90 Å². The number of sulfonamides is 1. The number of rotatable bonds is 5. The van der Waals surface area contributed by atoms with Crippen LogP contribution in [0.15, 0.2) is 29.2 Å². The molecule has 8 nitrogen and oxygen atoms in total. The van der Waals surface area contributed by atoms with Crippen molar-refractivity contribution in [3.8, 4) is 0 Å². The molecule has 0 saturated carbocycles. The van der Waals surface area contributed by atoms with Crippen molar-refractivity contribution in [1.29, 1.82) is 0 Å². The van der Waals surface area contributed by atoms with Gasteiger partial charge in [-0.3, -0.25) is 14.5 Å². The molecule has 29 heavy (non-hydrogen) atoms. The first-order valence-electron chi connectivity index (χ1n) is 10.1. The predicted octanol–water partition coefficient (Wildman–Crippen LogP) is 0.707. The fourth-order valence-corrected chi connectivity index (χ4v) is 4.67. The van der Waals surface area contributed by atoms with Gasteiger partial charge in [0.25, 0.3) is 5.91 Å². The Hall–Kier alpha value is -1.97. The van der Waals surface area contributed by atoms with Crippen molar-refractivity contribution in [2.45, 2.75) is 24.2 Å². The highest BCUT2D eigenvalue weighted by atomic mass is 32.2. The summed E-state index contributed by atoms with van der Waals surface area (Å²) in [4.78, 5) is 31.2. The summed E-state index contributed by atoms with van der Waals surface area (Å²) in [5.74, 6) is -0.00566. The van der Waals surface area contributed by atoms with Gasteiger partial charge in [-0.15, -0.1) is 0 Å². The minimum Gasteiger partial charge on any atom is -0.342 e. The maximum atomic E-state index is 12.8. The number of benzene rings is 1. The molecule has 2 aliphatic heterocycles. The summed E-state index contributed by atoms with van der Waals surface area (Å²) in [6.07, 6.45) is 3.36. The van der Waals surface area contributed by atoms with E-state index in [1.54, 1.807) is 17.0 Å². The van der Waals surface area contributed by atoms with Crippen LogP contribution in [0.25, 0.3) is 0 Å². The van der Waals surface area contributed by atoms with Gasteiger partial charge in [-0.1, -0.05) is 6.07 Å². The van der Waals surface area contributed by atoms with E-state index < -0.39 is 10.0 Å². The maximum Gasteiger partial charge on any atom is 0.253 e. The standard InChI is InChI=1S/C20H30N4O4S/c1-21(2)29(27,28)18-8-6-7-17(15-18)20(26)24-13-11-22(12-14-24)16-19(25)23-9-4-3-5-10-23/h6-8,15H,3-5,9-14,16H2,1-2H3. The molecule has 0 atom stereocenters. The zero-order chi connectivity index (χ0) is 21.0. The van der Waals surface area contributed by atoms with Crippen molar-refractivity contribution in [2.75, 3.05) is 59.9 Å². The third-order valence-electron chi connectivity index (χ3n) is 5.59. The van der Waals surface area contributed by atoms with Crippen LogP contribution in [0.1, 0.15) is 29.6 Å². The molecule has 0 bridgehead atoms. The zero-order valence-corrected chi connectivity index (χ0v) is 18.0. The van der Waals surface area contributed by atoms with Gasteiger partial charge in [-0.2, -0.15) is 0 Å². The molecule has 3 rings (SSSR count). The topological polar surface area (TPSA) is 81.2 Å².